The van der Waals surface area contributed by atoms with Crippen LogP contribution in [0.2, 0.25) is 0 Å². The first kappa shape index (κ1) is 13.1. The van der Waals surface area contributed by atoms with Gasteiger partial charge in [0, 0.05) is 6.04 Å². The summed E-state index contributed by atoms with van der Waals surface area (Å²) in [6, 6.07) is -0.0445. The largest absolute Gasteiger partial charge is 0.440 e. The van der Waals surface area contributed by atoms with Gasteiger partial charge in [0.25, 0.3) is 0 Å². The van der Waals surface area contributed by atoms with Crippen molar-refractivity contribution in [2.75, 3.05) is 6.61 Å². The molecule has 0 aromatic carbocycles. The lowest BCUT2D eigenvalue weighted by molar-refractivity contribution is -0.160. The molecule has 0 aromatic rings. The van der Waals surface area contributed by atoms with E-state index in [4.69, 9.17) is 0 Å². The monoisotopic (exact) mass is 239 g/mol. The van der Waals surface area contributed by atoms with Crippen LogP contribution >= 0.6 is 0 Å². The molecule has 0 radical (unpaired) electrons. The molecule has 1 rings (SSSR count). The van der Waals surface area contributed by atoms with E-state index in [1.54, 1.807) is 0 Å². The molecule has 1 saturated carbocycles. The third kappa shape index (κ3) is 5.23. The van der Waals surface area contributed by atoms with E-state index < -0.39 is 18.9 Å². The smallest absolute Gasteiger partial charge is 0.422 e. The normalized spacial score (nSPS) is 26.2. The van der Waals surface area contributed by atoms with E-state index in [0.29, 0.717) is 5.92 Å². The topological polar surface area (TPSA) is 38.3 Å². The molecule has 1 fully saturated rings. The maximum absolute atomic E-state index is 11.7. The van der Waals surface area contributed by atoms with Gasteiger partial charge in [-0.1, -0.05) is 6.92 Å². The summed E-state index contributed by atoms with van der Waals surface area (Å²) >= 11 is 0. The zero-order chi connectivity index (χ0) is 12.2. The highest BCUT2D eigenvalue weighted by Crippen LogP contribution is 2.23. The fraction of sp³-hybridized carbons (Fsp3) is 0.900. The number of halogens is 3. The number of hydrogen-bond donors (Lipinski definition) is 1. The molecule has 1 N–H and O–H groups in total. The molecule has 6 heteroatoms. The van der Waals surface area contributed by atoms with Gasteiger partial charge in [0.05, 0.1) is 0 Å². The van der Waals surface area contributed by atoms with E-state index in [0.717, 1.165) is 25.7 Å². The number of carbonyl (C=O) groups excluding carboxylic acids is 1. The lowest BCUT2D eigenvalue weighted by Crippen LogP contribution is -2.38. The maximum atomic E-state index is 11.7. The van der Waals surface area contributed by atoms with Crippen LogP contribution in [-0.4, -0.2) is 24.9 Å². The quantitative estimate of drug-likeness (QED) is 0.804. The van der Waals surface area contributed by atoms with Gasteiger partial charge in [-0.25, -0.2) is 4.79 Å². The van der Waals surface area contributed by atoms with Crippen LogP contribution in [0.25, 0.3) is 0 Å². The molecular formula is C10H16F3NO2. The molecule has 1 aliphatic rings. The molecule has 16 heavy (non-hydrogen) atoms. The van der Waals surface area contributed by atoms with Gasteiger partial charge in [-0.2, -0.15) is 13.2 Å². The van der Waals surface area contributed by atoms with E-state index in [1.165, 1.54) is 0 Å². The van der Waals surface area contributed by atoms with E-state index in [9.17, 15) is 18.0 Å². The van der Waals surface area contributed by atoms with Gasteiger partial charge in [0.1, 0.15) is 0 Å². The summed E-state index contributed by atoms with van der Waals surface area (Å²) in [4.78, 5) is 11.0. The Hall–Kier alpha value is -0.940. The number of nitrogens with one attached hydrogen (secondary N) is 1. The predicted molar refractivity (Wildman–Crippen MR) is 52.0 cm³/mol. The Morgan fingerprint density at radius 1 is 1.31 bits per heavy atom. The average Bonchev–Trinajstić information content (AvgIpc) is 2.18. The first-order valence-electron chi connectivity index (χ1n) is 5.37. The summed E-state index contributed by atoms with van der Waals surface area (Å²) in [5.74, 6) is 0.629. The Kier molecular flexibility index (Phi) is 4.44. The third-order valence-electron chi connectivity index (χ3n) is 2.70. The van der Waals surface area contributed by atoms with Crippen molar-refractivity contribution < 1.29 is 22.7 Å². The van der Waals surface area contributed by atoms with Gasteiger partial charge in [-0.3, -0.25) is 0 Å². The lowest BCUT2D eigenvalue weighted by Gasteiger charge is -2.26. The highest BCUT2D eigenvalue weighted by atomic mass is 19.4. The van der Waals surface area contributed by atoms with Crippen molar-refractivity contribution in [2.45, 2.75) is 44.8 Å². The lowest BCUT2D eigenvalue weighted by atomic mass is 9.87. The maximum Gasteiger partial charge on any atom is 0.422 e. The van der Waals surface area contributed by atoms with Crippen LogP contribution in [0.1, 0.15) is 32.6 Å². The van der Waals surface area contributed by atoms with Gasteiger partial charge < -0.3 is 10.1 Å². The molecule has 1 aliphatic carbocycles. The number of carbonyl (C=O) groups is 1. The van der Waals surface area contributed by atoms with Crippen molar-refractivity contribution in [3.05, 3.63) is 0 Å². The predicted octanol–water partition coefficient (Wildman–Crippen LogP) is 2.85. The number of alkyl halides is 3. The Balaban J connectivity index is 2.19. The molecule has 0 unspecified atom stereocenters. The highest BCUT2D eigenvalue weighted by molar-refractivity contribution is 5.67. The summed E-state index contributed by atoms with van der Waals surface area (Å²) in [7, 11) is 0. The molecule has 1 amide bonds. The highest BCUT2D eigenvalue weighted by Gasteiger charge is 2.30. The van der Waals surface area contributed by atoms with E-state index in [1.807, 2.05) is 0 Å². The molecule has 0 aliphatic heterocycles. The van der Waals surface area contributed by atoms with Gasteiger partial charge >= 0.3 is 12.3 Å². The summed E-state index contributed by atoms with van der Waals surface area (Å²) in [5.41, 5.74) is 0. The van der Waals surface area contributed by atoms with Crippen molar-refractivity contribution in [2.24, 2.45) is 5.92 Å². The third-order valence-corrected chi connectivity index (χ3v) is 2.70. The minimum atomic E-state index is -4.46. The summed E-state index contributed by atoms with van der Waals surface area (Å²) in [5, 5.41) is 2.45. The molecule has 0 atom stereocenters. The van der Waals surface area contributed by atoms with Crippen molar-refractivity contribution in [1.82, 2.24) is 5.32 Å². The van der Waals surface area contributed by atoms with Gasteiger partial charge in [0.15, 0.2) is 6.61 Å². The van der Waals surface area contributed by atoms with Crippen LogP contribution in [0.5, 0.6) is 0 Å². The van der Waals surface area contributed by atoms with E-state index >= 15 is 0 Å². The molecular weight excluding hydrogens is 223 g/mol. The van der Waals surface area contributed by atoms with E-state index in [-0.39, 0.29) is 6.04 Å². The zero-order valence-corrected chi connectivity index (χ0v) is 9.14. The number of amides is 1. The molecule has 0 bridgehead atoms. The summed E-state index contributed by atoms with van der Waals surface area (Å²) in [6.45, 7) is 0.597. The van der Waals surface area contributed by atoms with Crippen molar-refractivity contribution >= 4 is 6.09 Å². The van der Waals surface area contributed by atoms with Crippen LogP contribution in [-0.2, 0) is 4.74 Å². The Labute approximate surface area is 92.3 Å². The van der Waals surface area contributed by atoms with Crippen LogP contribution < -0.4 is 5.32 Å². The van der Waals surface area contributed by atoms with Crippen LogP contribution in [0.3, 0.4) is 0 Å². The average molecular weight is 239 g/mol. The zero-order valence-electron chi connectivity index (χ0n) is 9.14. The number of ether oxygens (including phenoxy) is 1. The second-order valence-corrected chi connectivity index (χ2v) is 4.29. The Bertz CT molecular complexity index is 235. The standard InChI is InChI=1S/C10H16F3NO2/c1-7-2-4-8(5-3-7)14-9(15)16-6-10(11,12)13/h7-8H,2-6H2,1H3,(H,14,15). The van der Waals surface area contributed by atoms with Gasteiger partial charge in [-0.15, -0.1) is 0 Å². The van der Waals surface area contributed by atoms with Crippen LogP contribution in [0.15, 0.2) is 0 Å². The molecule has 94 valence electrons. The summed E-state index contributed by atoms with van der Waals surface area (Å²) in [6.07, 6.45) is -1.84. The first-order chi connectivity index (χ1) is 7.37. The SMILES string of the molecule is CC1CCC(NC(=O)OCC(F)(F)F)CC1. The first-order valence-corrected chi connectivity index (χ1v) is 5.37. The summed E-state index contributed by atoms with van der Waals surface area (Å²) < 4.78 is 39.3. The van der Waals surface area contributed by atoms with Gasteiger partial charge in [-0.05, 0) is 31.6 Å². The Morgan fingerprint density at radius 3 is 2.38 bits per heavy atom. The molecule has 0 saturated heterocycles. The second-order valence-electron chi connectivity index (χ2n) is 4.29. The van der Waals surface area contributed by atoms with Gasteiger partial charge in [0.2, 0.25) is 0 Å². The number of rotatable bonds is 2. The minimum absolute atomic E-state index is 0.0445. The van der Waals surface area contributed by atoms with Crippen LogP contribution in [0.4, 0.5) is 18.0 Å². The fourth-order valence-electron chi connectivity index (χ4n) is 1.76. The Morgan fingerprint density at radius 2 is 1.88 bits per heavy atom. The van der Waals surface area contributed by atoms with E-state index in [2.05, 4.69) is 17.0 Å². The molecule has 0 aromatic heterocycles. The fourth-order valence-corrected chi connectivity index (χ4v) is 1.76. The van der Waals surface area contributed by atoms with Crippen molar-refractivity contribution in [3.8, 4) is 0 Å². The number of hydrogen-bond acceptors (Lipinski definition) is 2. The molecule has 0 spiro atoms. The second kappa shape index (κ2) is 5.41. The van der Waals surface area contributed by atoms with Crippen molar-refractivity contribution in [3.63, 3.8) is 0 Å². The molecule has 0 heterocycles. The van der Waals surface area contributed by atoms with Crippen LogP contribution in [0, 0.1) is 5.92 Å². The number of alkyl carbamates (subject to hydrolysis) is 1. The minimum Gasteiger partial charge on any atom is -0.440 e. The molecule has 3 nitrogen and oxygen atoms in total. The van der Waals surface area contributed by atoms with Crippen molar-refractivity contribution in [1.29, 1.82) is 0 Å².